The van der Waals surface area contributed by atoms with Crippen LogP contribution in [0.3, 0.4) is 0 Å². The van der Waals surface area contributed by atoms with Crippen molar-refractivity contribution in [3.05, 3.63) is 124 Å². The van der Waals surface area contributed by atoms with Crippen LogP contribution in [0.15, 0.2) is 78.9 Å². The minimum atomic E-state index is -0.216. The molecule has 6 rings (SSSR count). The molecule has 2 N–H and O–H groups in total. The van der Waals surface area contributed by atoms with Gasteiger partial charge >= 0.3 is 0 Å². The average molecular weight is 561 g/mol. The second-order valence-corrected chi connectivity index (χ2v) is 11.6. The van der Waals surface area contributed by atoms with Gasteiger partial charge in [0.1, 0.15) is 0 Å². The maximum Gasteiger partial charge on any atom is 0.193 e. The molecule has 42 heavy (non-hydrogen) atoms. The van der Waals surface area contributed by atoms with E-state index in [1.165, 1.54) is 24.1 Å². The molecule has 0 spiro atoms. The van der Waals surface area contributed by atoms with E-state index in [1.807, 2.05) is 54.6 Å². The van der Waals surface area contributed by atoms with Crippen LogP contribution < -0.4 is 4.90 Å². The first-order valence-electron chi connectivity index (χ1n) is 15.0. The van der Waals surface area contributed by atoms with E-state index in [0.29, 0.717) is 28.8 Å². The predicted octanol–water partition coefficient (Wildman–Crippen LogP) is 5.94. The number of nitrogens with zero attached hydrogens (tertiary/aromatic N) is 1. The number of hydrogen-bond acceptors (Lipinski definition) is 5. The highest BCUT2D eigenvalue weighted by atomic mass is 16.3. The second-order valence-electron chi connectivity index (χ2n) is 11.6. The molecule has 1 aliphatic heterocycles. The standard InChI is InChI=1S/C36H36N2O4/c39-31-17-19-38(20-18-31)30-15-13-26(14-16-30)34(40)21-24-5-9-27(10-6-24)36(42)28-11-7-25(8-12-28)22-35(41)33-23-29-3-1-2-4-32(29)37-33/h5-16,23,31,37,39H,1-4,17-22H2. The van der Waals surface area contributed by atoms with Crippen molar-refractivity contribution in [3.8, 4) is 0 Å². The number of piperidine rings is 1. The van der Waals surface area contributed by atoms with Crippen molar-refractivity contribution in [1.82, 2.24) is 4.98 Å². The summed E-state index contributed by atoms with van der Waals surface area (Å²) in [7, 11) is 0. The lowest BCUT2D eigenvalue weighted by Gasteiger charge is -2.31. The van der Waals surface area contributed by atoms with Gasteiger partial charge in [0.25, 0.3) is 0 Å². The van der Waals surface area contributed by atoms with E-state index in [2.05, 4.69) is 9.88 Å². The zero-order chi connectivity index (χ0) is 29.1. The fourth-order valence-electron chi connectivity index (χ4n) is 6.02. The fraction of sp³-hybridized carbons (Fsp3) is 0.306. The number of nitrogens with one attached hydrogen (secondary N) is 1. The number of carbonyl (C=O) groups is 3. The van der Waals surface area contributed by atoms with Gasteiger partial charge in [0.05, 0.1) is 11.8 Å². The number of anilines is 1. The summed E-state index contributed by atoms with van der Waals surface area (Å²) < 4.78 is 0. The minimum absolute atomic E-state index is 0.0272. The van der Waals surface area contributed by atoms with Crippen LogP contribution in [0.5, 0.6) is 0 Å². The highest BCUT2D eigenvalue weighted by molar-refractivity contribution is 6.09. The SMILES string of the molecule is O=C(Cc1ccc(C(=O)c2ccc(CC(=O)c3cc4c([nH]3)CCCC4)cc2)cc1)c1ccc(N2CCC(O)CC2)cc1. The first kappa shape index (κ1) is 27.9. The van der Waals surface area contributed by atoms with Crippen molar-refractivity contribution in [2.24, 2.45) is 0 Å². The average Bonchev–Trinajstić information content (AvgIpc) is 3.47. The number of aryl methyl sites for hydroxylation is 2. The van der Waals surface area contributed by atoms with Crippen molar-refractivity contribution < 1.29 is 19.5 Å². The Morgan fingerprint density at radius 2 is 1.26 bits per heavy atom. The molecule has 0 bridgehead atoms. The normalized spacial score (nSPS) is 15.3. The first-order chi connectivity index (χ1) is 20.4. The van der Waals surface area contributed by atoms with Gasteiger partial charge in [-0.15, -0.1) is 0 Å². The van der Waals surface area contributed by atoms with E-state index in [9.17, 15) is 19.5 Å². The Labute approximate surface area is 246 Å². The molecular weight excluding hydrogens is 524 g/mol. The summed E-state index contributed by atoms with van der Waals surface area (Å²) in [5, 5.41) is 9.73. The van der Waals surface area contributed by atoms with E-state index in [1.54, 1.807) is 24.3 Å². The third kappa shape index (κ3) is 6.29. The summed E-state index contributed by atoms with van der Waals surface area (Å²) in [6, 6.07) is 24.1. The number of carbonyl (C=O) groups excluding carboxylic acids is 3. The third-order valence-electron chi connectivity index (χ3n) is 8.60. The summed E-state index contributed by atoms with van der Waals surface area (Å²) in [6.45, 7) is 1.64. The Morgan fingerprint density at radius 3 is 1.86 bits per heavy atom. The van der Waals surface area contributed by atoms with Gasteiger partial charge in [-0.25, -0.2) is 0 Å². The Kier molecular flexibility index (Phi) is 8.15. The van der Waals surface area contributed by atoms with E-state index in [0.717, 1.165) is 55.6 Å². The fourth-order valence-corrected chi connectivity index (χ4v) is 6.02. The van der Waals surface area contributed by atoms with Crippen molar-refractivity contribution >= 4 is 23.0 Å². The van der Waals surface area contributed by atoms with Crippen LogP contribution in [-0.2, 0) is 25.7 Å². The molecule has 1 aromatic heterocycles. The van der Waals surface area contributed by atoms with Gasteiger partial charge in [-0.1, -0.05) is 48.5 Å². The molecule has 4 aromatic rings. The van der Waals surface area contributed by atoms with Crippen LogP contribution in [0, 0.1) is 0 Å². The number of aliphatic hydroxyl groups excluding tert-OH is 1. The maximum atomic E-state index is 13.1. The van der Waals surface area contributed by atoms with Crippen LogP contribution in [0.1, 0.15) is 84.8 Å². The molecule has 214 valence electrons. The smallest absolute Gasteiger partial charge is 0.193 e. The topological polar surface area (TPSA) is 90.5 Å². The predicted molar refractivity (Wildman–Crippen MR) is 164 cm³/mol. The third-order valence-corrected chi connectivity index (χ3v) is 8.60. The molecular formula is C36H36N2O4. The van der Waals surface area contributed by atoms with Gasteiger partial charge in [0.15, 0.2) is 17.3 Å². The van der Waals surface area contributed by atoms with Crippen LogP contribution in [0.2, 0.25) is 0 Å². The number of Topliss-reactive ketones (excluding diaryl/α,β-unsaturated/α-hetero) is 2. The molecule has 0 atom stereocenters. The van der Waals surface area contributed by atoms with E-state index < -0.39 is 0 Å². The van der Waals surface area contributed by atoms with Crippen molar-refractivity contribution in [1.29, 1.82) is 0 Å². The lowest BCUT2D eigenvalue weighted by atomic mass is 9.97. The van der Waals surface area contributed by atoms with Crippen LogP contribution in [-0.4, -0.2) is 46.6 Å². The molecule has 0 saturated carbocycles. The van der Waals surface area contributed by atoms with Crippen molar-refractivity contribution in [3.63, 3.8) is 0 Å². The number of benzene rings is 3. The van der Waals surface area contributed by atoms with Gasteiger partial charge < -0.3 is 15.0 Å². The first-order valence-corrected chi connectivity index (χ1v) is 15.0. The number of aromatic amines is 1. The van der Waals surface area contributed by atoms with Gasteiger partial charge in [-0.3, -0.25) is 14.4 Å². The van der Waals surface area contributed by atoms with Gasteiger partial charge in [-0.2, -0.15) is 0 Å². The molecule has 1 saturated heterocycles. The minimum Gasteiger partial charge on any atom is -0.393 e. The Morgan fingerprint density at radius 1 is 0.714 bits per heavy atom. The number of hydrogen-bond donors (Lipinski definition) is 2. The molecule has 2 aliphatic rings. The van der Waals surface area contributed by atoms with E-state index in [4.69, 9.17) is 0 Å². The van der Waals surface area contributed by atoms with Gasteiger partial charge in [-0.05, 0) is 85.5 Å². The van der Waals surface area contributed by atoms with Crippen LogP contribution in [0.4, 0.5) is 5.69 Å². The van der Waals surface area contributed by atoms with Gasteiger partial charge in [0.2, 0.25) is 0 Å². The largest absolute Gasteiger partial charge is 0.393 e. The van der Waals surface area contributed by atoms with Gasteiger partial charge in [0, 0.05) is 54.0 Å². The molecule has 1 aliphatic carbocycles. The van der Waals surface area contributed by atoms with Crippen molar-refractivity contribution in [2.45, 2.75) is 57.5 Å². The summed E-state index contributed by atoms with van der Waals surface area (Å²) in [5.74, 6) is -0.00439. The zero-order valence-electron chi connectivity index (χ0n) is 23.8. The molecule has 3 aromatic carbocycles. The molecule has 0 radical (unpaired) electrons. The summed E-state index contributed by atoms with van der Waals surface area (Å²) in [4.78, 5) is 44.4. The number of aliphatic hydroxyl groups is 1. The Bertz CT molecular complexity index is 1550. The molecule has 1 fully saturated rings. The number of ketones is 3. The number of rotatable bonds is 9. The quantitative estimate of drug-likeness (QED) is 0.248. The Balaban J connectivity index is 1.03. The summed E-state index contributed by atoms with van der Waals surface area (Å²) in [5.41, 5.74) is 7.72. The maximum absolute atomic E-state index is 13.1. The van der Waals surface area contributed by atoms with E-state index >= 15 is 0 Å². The van der Waals surface area contributed by atoms with Crippen LogP contribution >= 0.6 is 0 Å². The monoisotopic (exact) mass is 560 g/mol. The Hall–Kier alpha value is -4.29. The molecule has 6 heteroatoms. The summed E-state index contributed by atoms with van der Waals surface area (Å²) >= 11 is 0. The second kappa shape index (κ2) is 12.3. The molecule has 6 nitrogen and oxygen atoms in total. The highest BCUT2D eigenvalue weighted by Gasteiger charge is 2.19. The molecule has 0 amide bonds. The van der Waals surface area contributed by atoms with E-state index in [-0.39, 0.29) is 29.9 Å². The number of aromatic nitrogens is 1. The van der Waals surface area contributed by atoms with Crippen molar-refractivity contribution in [2.75, 3.05) is 18.0 Å². The summed E-state index contributed by atoms with van der Waals surface area (Å²) in [6.07, 6.45) is 6.26. The molecule has 0 unspecified atom stereocenters. The number of H-pyrrole nitrogens is 1. The zero-order valence-corrected chi connectivity index (χ0v) is 23.8. The highest BCUT2D eigenvalue weighted by Crippen LogP contribution is 2.24. The number of fused-ring (bicyclic) bond motifs is 1. The van der Waals surface area contributed by atoms with Crippen LogP contribution in [0.25, 0.3) is 0 Å². The lowest BCUT2D eigenvalue weighted by molar-refractivity contribution is 0.0982. The lowest BCUT2D eigenvalue weighted by Crippen LogP contribution is -2.35. The molecule has 2 heterocycles.